The third-order valence-electron chi connectivity index (χ3n) is 4.05. The first-order valence-electron chi connectivity index (χ1n) is 7.12. The largest absolute Gasteiger partial charge is 0.390 e. The van der Waals surface area contributed by atoms with E-state index in [1.165, 1.54) is 36.3 Å². The number of hydrogen-bond donors (Lipinski definition) is 2. The highest BCUT2D eigenvalue weighted by Crippen LogP contribution is 2.30. The molecule has 1 saturated carbocycles. The molecule has 1 aromatic heterocycles. The topological polar surface area (TPSA) is 93.2 Å². The molecule has 0 bridgehead atoms. The van der Waals surface area contributed by atoms with Crippen molar-refractivity contribution in [2.24, 2.45) is 11.8 Å². The van der Waals surface area contributed by atoms with Gasteiger partial charge in [-0.2, -0.15) is 5.10 Å². The predicted octanol–water partition coefficient (Wildman–Crippen LogP) is 1.18. The summed E-state index contributed by atoms with van der Waals surface area (Å²) in [6.07, 6.45) is 5.79. The minimum atomic E-state index is -0.591. The Balaban J connectivity index is 1.69. The lowest BCUT2D eigenvalue weighted by atomic mass is 9.98. The van der Waals surface area contributed by atoms with Crippen LogP contribution in [0.15, 0.2) is 12.4 Å². The van der Waals surface area contributed by atoms with Gasteiger partial charge in [0, 0.05) is 6.54 Å². The molecule has 7 heteroatoms. The van der Waals surface area contributed by atoms with E-state index in [2.05, 4.69) is 17.3 Å². The predicted molar refractivity (Wildman–Crippen MR) is 74.3 cm³/mol. The molecule has 1 heterocycles. The molecule has 3 unspecified atom stereocenters. The fourth-order valence-electron chi connectivity index (χ4n) is 2.79. The number of hydrogen-bond acceptors (Lipinski definition) is 5. The maximum atomic E-state index is 10.5. The van der Waals surface area contributed by atoms with Crippen molar-refractivity contribution in [2.45, 2.75) is 38.8 Å². The van der Waals surface area contributed by atoms with Gasteiger partial charge in [0.1, 0.15) is 12.4 Å². The summed E-state index contributed by atoms with van der Waals surface area (Å²) in [7, 11) is 0. The molecule has 1 fully saturated rings. The molecule has 7 nitrogen and oxygen atoms in total. The van der Waals surface area contributed by atoms with Crippen LogP contribution in [0.1, 0.15) is 26.2 Å². The molecule has 0 amide bonds. The van der Waals surface area contributed by atoms with Gasteiger partial charge in [-0.3, -0.25) is 14.8 Å². The highest BCUT2D eigenvalue weighted by molar-refractivity contribution is 5.20. The van der Waals surface area contributed by atoms with Crippen LogP contribution in [0.5, 0.6) is 0 Å². The number of nitro groups is 1. The highest BCUT2D eigenvalue weighted by atomic mass is 16.6. The van der Waals surface area contributed by atoms with E-state index in [-0.39, 0.29) is 12.2 Å². The monoisotopic (exact) mass is 282 g/mol. The zero-order valence-electron chi connectivity index (χ0n) is 11.7. The summed E-state index contributed by atoms with van der Waals surface area (Å²) in [5, 5.41) is 27.6. The first-order valence-corrected chi connectivity index (χ1v) is 7.12. The Bertz CT molecular complexity index is 449. The zero-order valence-corrected chi connectivity index (χ0v) is 11.7. The van der Waals surface area contributed by atoms with Crippen molar-refractivity contribution in [1.82, 2.24) is 15.1 Å². The maximum absolute atomic E-state index is 10.5. The van der Waals surface area contributed by atoms with Gasteiger partial charge in [-0.25, -0.2) is 0 Å². The van der Waals surface area contributed by atoms with Gasteiger partial charge in [0.15, 0.2) is 0 Å². The zero-order chi connectivity index (χ0) is 14.5. The molecule has 2 rings (SSSR count). The van der Waals surface area contributed by atoms with Crippen LogP contribution < -0.4 is 5.32 Å². The molecule has 0 aliphatic heterocycles. The molecule has 3 atom stereocenters. The number of aromatic nitrogens is 2. The van der Waals surface area contributed by atoms with Gasteiger partial charge in [-0.1, -0.05) is 19.8 Å². The van der Waals surface area contributed by atoms with Crippen LogP contribution in [0.2, 0.25) is 0 Å². The Labute approximate surface area is 118 Å². The van der Waals surface area contributed by atoms with E-state index in [1.54, 1.807) is 0 Å². The minimum absolute atomic E-state index is 0.0510. The third-order valence-corrected chi connectivity index (χ3v) is 4.05. The standard InChI is InChI=1S/C13H22N4O3/c1-10-3-2-4-11(10)5-14-7-13(18)9-16-8-12(6-15-16)17(19)20/h6,8,10-11,13-14,18H,2-5,7,9H2,1H3. The number of rotatable bonds is 7. The van der Waals surface area contributed by atoms with Gasteiger partial charge in [0.2, 0.25) is 0 Å². The van der Waals surface area contributed by atoms with E-state index >= 15 is 0 Å². The van der Waals surface area contributed by atoms with Crippen molar-refractivity contribution in [3.05, 3.63) is 22.5 Å². The second kappa shape index (κ2) is 6.81. The lowest BCUT2D eigenvalue weighted by Gasteiger charge is -2.17. The number of nitrogens with zero attached hydrogens (tertiary/aromatic N) is 3. The highest BCUT2D eigenvalue weighted by Gasteiger charge is 2.22. The Morgan fingerprint density at radius 3 is 3.05 bits per heavy atom. The number of aliphatic hydroxyl groups is 1. The fraction of sp³-hybridized carbons (Fsp3) is 0.769. The van der Waals surface area contributed by atoms with E-state index in [1.807, 2.05) is 0 Å². The normalized spacial score (nSPS) is 23.9. The van der Waals surface area contributed by atoms with Crippen LogP contribution in [-0.2, 0) is 6.54 Å². The summed E-state index contributed by atoms with van der Waals surface area (Å²) in [4.78, 5) is 10.0. The average molecular weight is 282 g/mol. The van der Waals surface area contributed by atoms with E-state index < -0.39 is 11.0 Å². The molecule has 0 spiro atoms. The van der Waals surface area contributed by atoms with Gasteiger partial charge >= 0.3 is 5.69 Å². The van der Waals surface area contributed by atoms with Gasteiger partial charge < -0.3 is 10.4 Å². The lowest BCUT2D eigenvalue weighted by Crippen LogP contribution is -2.34. The molecule has 0 saturated heterocycles. The van der Waals surface area contributed by atoms with Gasteiger partial charge in [0.25, 0.3) is 0 Å². The first kappa shape index (κ1) is 14.9. The summed E-state index contributed by atoms with van der Waals surface area (Å²) in [5.74, 6) is 1.46. The first-order chi connectivity index (χ1) is 9.56. The minimum Gasteiger partial charge on any atom is -0.390 e. The number of aliphatic hydroxyl groups excluding tert-OH is 1. The molecule has 1 aromatic rings. The molecule has 2 N–H and O–H groups in total. The quantitative estimate of drug-likeness (QED) is 0.578. The maximum Gasteiger partial charge on any atom is 0.306 e. The summed E-state index contributed by atoms with van der Waals surface area (Å²) in [5.41, 5.74) is -0.0510. The molecule has 112 valence electrons. The van der Waals surface area contributed by atoms with Crippen LogP contribution in [0, 0.1) is 22.0 Å². The van der Waals surface area contributed by atoms with E-state index in [0.717, 1.165) is 12.5 Å². The van der Waals surface area contributed by atoms with Crippen LogP contribution in [0.4, 0.5) is 5.69 Å². The molecular formula is C13H22N4O3. The fourth-order valence-corrected chi connectivity index (χ4v) is 2.79. The van der Waals surface area contributed by atoms with Crippen molar-refractivity contribution in [3.63, 3.8) is 0 Å². The molecule has 0 radical (unpaired) electrons. The summed E-state index contributed by atoms with van der Waals surface area (Å²) in [6, 6.07) is 0. The van der Waals surface area contributed by atoms with Crippen LogP contribution >= 0.6 is 0 Å². The molecular weight excluding hydrogens is 260 g/mol. The van der Waals surface area contributed by atoms with E-state index in [9.17, 15) is 15.2 Å². The molecule has 0 aromatic carbocycles. The van der Waals surface area contributed by atoms with Crippen molar-refractivity contribution in [2.75, 3.05) is 13.1 Å². The molecule has 20 heavy (non-hydrogen) atoms. The summed E-state index contributed by atoms with van der Waals surface area (Å²) < 4.78 is 1.41. The molecule has 1 aliphatic rings. The Morgan fingerprint density at radius 1 is 1.65 bits per heavy atom. The van der Waals surface area contributed by atoms with Crippen molar-refractivity contribution < 1.29 is 10.0 Å². The SMILES string of the molecule is CC1CCCC1CNCC(O)Cn1cc([N+](=O)[O-])cn1. The van der Waals surface area contributed by atoms with Crippen LogP contribution in [0.3, 0.4) is 0 Å². The van der Waals surface area contributed by atoms with Crippen molar-refractivity contribution in [3.8, 4) is 0 Å². The van der Waals surface area contributed by atoms with Crippen molar-refractivity contribution >= 4 is 5.69 Å². The lowest BCUT2D eigenvalue weighted by molar-refractivity contribution is -0.385. The smallest absolute Gasteiger partial charge is 0.306 e. The molecule has 1 aliphatic carbocycles. The average Bonchev–Trinajstić information content (AvgIpc) is 2.99. The second-order valence-corrected chi connectivity index (χ2v) is 5.66. The summed E-state index contributed by atoms with van der Waals surface area (Å²) >= 11 is 0. The second-order valence-electron chi connectivity index (χ2n) is 5.66. The third kappa shape index (κ3) is 4.01. The van der Waals surface area contributed by atoms with Crippen LogP contribution in [-0.4, -0.2) is 39.0 Å². The Kier molecular flexibility index (Phi) is 5.08. The van der Waals surface area contributed by atoms with Crippen LogP contribution in [0.25, 0.3) is 0 Å². The van der Waals surface area contributed by atoms with Crippen molar-refractivity contribution in [1.29, 1.82) is 0 Å². The van der Waals surface area contributed by atoms with E-state index in [0.29, 0.717) is 12.5 Å². The van der Waals surface area contributed by atoms with Gasteiger partial charge in [0.05, 0.1) is 17.6 Å². The Hall–Kier alpha value is -1.47. The summed E-state index contributed by atoms with van der Waals surface area (Å²) in [6.45, 7) is 3.95. The number of nitrogens with one attached hydrogen (secondary N) is 1. The van der Waals surface area contributed by atoms with E-state index in [4.69, 9.17) is 0 Å². The van der Waals surface area contributed by atoms with Gasteiger partial charge in [-0.15, -0.1) is 0 Å². The Morgan fingerprint density at radius 2 is 2.45 bits per heavy atom. The van der Waals surface area contributed by atoms with Gasteiger partial charge in [-0.05, 0) is 24.8 Å².